The fourth-order valence-corrected chi connectivity index (χ4v) is 11.3. The standard InChI is InChI=1S/C44H79N5O4/c50-38(33-53-42-23-9-22-40-39(42)21-11-27-46-40)31-48-28-29-49(43(51)25-24-36-18-10-26-45-30-36)41(32-48)44(52)47-37(19-7-16-34-12-3-1-4-13-34)20-8-17-35-14-5-2-6-15-35/h34-42,45-46,50H,1-33H2,(H,47,52)/t36?,38-,39?,40?,41?,42?/m0/s1. The second kappa shape index (κ2) is 22.5. The summed E-state index contributed by atoms with van der Waals surface area (Å²) in [6.07, 6.45) is 30.1. The third kappa shape index (κ3) is 13.4. The van der Waals surface area contributed by atoms with Gasteiger partial charge in [-0.25, -0.2) is 0 Å². The minimum absolute atomic E-state index is 0.0199. The van der Waals surface area contributed by atoms with Crippen LogP contribution >= 0.6 is 0 Å². The highest BCUT2D eigenvalue weighted by Gasteiger charge is 2.38. The van der Waals surface area contributed by atoms with Crippen molar-refractivity contribution in [2.24, 2.45) is 23.7 Å². The zero-order valence-electron chi connectivity index (χ0n) is 33.6. The van der Waals surface area contributed by atoms with Crippen molar-refractivity contribution in [1.29, 1.82) is 0 Å². The van der Waals surface area contributed by atoms with Gasteiger partial charge in [-0.2, -0.15) is 0 Å². The van der Waals surface area contributed by atoms with Crippen molar-refractivity contribution in [1.82, 2.24) is 25.8 Å². The van der Waals surface area contributed by atoms with Crippen molar-refractivity contribution >= 4 is 11.8 Å². The van der Waals surface area contributed by atoms with E-state index in [1.54, 1.807) is 0 Å². The van der Waals surface area contributed by atoms with Gasteiger partial charge in [0.2, 0.25) is 11.8 Å². The zero-order valence-corrected chi connectivity index (χ0v) is 33.6. The molecule has 0 aromatic heterocycles. The molecule has 3 heterocycles. The lowest BCUT2D eigenvalue weighted by molar-refractivity contribution is -0.145. The second-order valence-corrected chi connectivity index (χ2v) is 18.5. The SMILES string of the molecule is O=C(NC(CCCC1CCCCC1)CCCC1CCCCC1)C1CN(C[C@H](O)COC2CCCC3NCCCC32)CCN1C(=O)CCC1CCCNC1. The number of aliphatic hydroxyl groups is 1. The molecule has 0 radical (unpaired) electrons. The highest BCUT2D eigenvalue weighted by Crippen LogP contribution is 2.34. The third-order valence-electron chi connectivity index (χ3n) is 14.5. The molecule has 3 saturated carbocycles. The molecule has 304 valence electrons. The molecule has 3 aliphatic carbocycles. The summed E-state index contributed by atoms with van der Waals surface area (Å²) in [5.41, 5.74) is 0. The number of amides is 2. The Labute approximate surface area is 323 Å². The Morgan fingerprint density at radius 1 is 0.755 bits per heavy atom. The van der Waals surface area contributed by atoms with Crippen LogP contribution in [-0.4, -0.2) is 109 Å². The molecular weight excluding hydrogens is 663 g/mol. The Morgan fingerprint density at radius 3 is 2.15 bits per heavy atom. The molecule has 0 bridgehead atoms. The fraction of sp³-hybridized carbons (Fsp3) is 0.955. The number of nitrogens with zero attached hydrogens (tertiary/aromatic N) is 2. The molecule has 6 rings (SSSR count). The van der Waals surface area contributed by atoms with Crippen LogP contribution in [0, 0.1) is 23.7 Å². The lowest BCUT2D eigenvalue weighted by atomic mass is 9.77. The normalized spacial score (nSPS) is 30.2. The van der Waals surface area contributed by atoms with Crippen LogP contribution in [0.4, 0.5) is 0 Å². The summed E-state index contributed by atoms with van der Waals surface area (Å²) in [7, 11) is 0. The Balaban J connectivity index is 1.05. The Bertz CT molecular complexity index is 1030. The van der Waals surface area contributed by atoms with E-state index >= 15 is 0 Å². The first-order valence-corrected chi connectivity index (χ1v) is 23.1. The fourth-order valence-electron chi connectivity index (χ4n) is 11.3. The monoisotopic (exact) mass is 742 g/mol. The number of fused-ring (bicyclic) bond motifs is 1. The molecule has 53 heavy (non-hydrogen) atoms. The Morgan fingerprint density at radius 2 is 1.45 bits per heavy atom. The number of hydrogen-bond donors (Lipinski definition) is 4. The van der Waals surface area contributed by atoms with Crippen LogP contribution < -0.4 is 16.0 Å². The maximum atomic E-state index is 14.4. The highest BCUT2D eigenvalue weighted by atomic mass is 16.5. The third-order valence-corrected chi connectivity index (χ3v) is 14.5. The van der Waals surface area contributed by atoms with Crippen LogP contribution in [0.3, 0.4) is 0 Å². The average molecular weight is 742 g/mol. The van der Waals surface area contributed by atoms with Crippen LogP contribution in [0.15, 0.2) is 0 Å². The summed E-state index contributed by atoms with van der Waals surface area (Å²) in [6.45, 7) is 5.70. The highest BCUT2D eigenvalue weighted by molar-refractivity contribution is 5.88. The van der Waals surface area contributed by atoms with Gasteiger partial charge in [0.1, 0.15) is 6.04 Å². The van der Waals surface area contributed by atoms with E-state index in [-0.39, 0.29) is 24.0 Å². The number of hydrogen-bond acceptors (Lipinski definition) is 7. The maximum Gasteiger partial charge on any atom is 0.244 e. The zero-order chi connectivity index (χ0) is 36.7. The van der Waals surface area contributed by atoms with Crippen molar-refractivity contribution in [2.75, 3.05) is 52.4 Å². The van der Waals surface area contributed by atoms with Gasteiger partial charge in [0, 0.05) is 50.6 Å². The number of piperidine rings is 2. The predicted octanol–water partition coefficient (Wildman–Crippen LogP) is 6.56. The first kappa shape index (κ1) is 41.4. The van der Waals surface area contributed by atoms with E-state index in [0.717, 1.165) is 57.2 Å². The van der Waals surface area contributed by atoms with Crippen molar-refractivity contribution in [3.05, 3.63) is 0 Å². The first-order chi connectivity index (χ1) is 26.0. The summed E-state index contributed by atoms with van der Waals surface area (Å²) in [6, 6.07) is 0.214. The topological polar surface area (TPSA) is 106 Å². The summed E-state index contributed by atoms with van der Waals surface area (Å²) in [4.78, 5) is 32.4. The predicted molar refractivity (Wildman–Crippen MR) is 214 cm³/mol. The van der Waals surface area contributed by atoms with E-state index in [1.165, 1.54) is 128 Å². The summed E-state index contributed by atoms with van der Waals surface area (Å²) in [5.74, 6) is 2.95. The van der Waals surface area contributed by atoms with E-state index in [0.29, 0.717) is 57.1 Å². The molecule has 0 aromatic carbocycles. The van der Waals surface area contributed by atoms with Crippen molar-refractivity contribution in [2.45, 2.75) is 191 Å². The number of carbonyl (C=O) groups is 2. The summed E-state index contributed by atoms with van der Waals surface area (Å²) in [5, 5.41) is 22.0. The Hall–Kier alpha value is -1.26. The van der Waals surface area contributed by atoms with E-state index in [1.807, 2.05) is 4.90 Å². The van der Waals surface area contributed by atoms with Gasteiger partial charge >= 0.3 is 0 Å². The van der Waals surface area contributed by atoms with Crippen LogP contribution in [-0.2, 0) is 14.3 Å². The number of nitrogens with one attached hydrogen (secondary N) is 3. The molecule has 9 nitrogen and oxygen atoms in total. The minimum Gasteiger partial charge on any atom is -0.389 e. The van der Waals surface area contributed by atoms with Crippen molar-refractivity contribution in [3.8, 4) is 0 Å². The largest absolute Gasteiger partial charge is 0.389 e. The number of carbonyl (C=O) groups excluding carboxylic acids is 2. The lowest BCUT2D eigenvalue weighted by Crippen LogP contribution is -2.62. The van der Waals surface area contributed by atoms with Crippen LogP contribution in [0.1, 0.15) is 161 Å². The van der Waals surface area contributed by atoms with E-state index < -0.39 is 12.1 Å². The average Bonchev–Trinajstić information content (AvgIpc) is 3.20. The van der Waals surface area contributed by atoms with Gasteiger partial charge in [-0.15, -0.1) is 0 Å². The molecule has 0 aromatic rings. The second-order valence-electron chi connectivity index (χ2n) is 18.5. The minimum atomic E-state index is -0.607. The summed E-state index contributed by atoms with van der Waals surface area (Å²) >= 11 is 0. The maximum absolute atomic E-state index is 14.4. The molecule has 0 spiro atoms. The molecule has 3 aliphatic heterocycles. The molecule has 6 atom stereocenters. The number of piperazine rings is 1. The van der Waals surface area contributed by atoms with Gasteiger partial charge in [0.25, 0.3) is 0 Å². The molecule has 6 aliphatic rings. The van der Waals surface area contributed by atoms with Crippen molar-refractivity contribution in [3.63, 3.8) is 0 Å². The number of aliphatic hydroxyl groups excluding tert-OH is 1. The first-order valence-electron chi connectivity index (χ1n) is 23.1. The number of ether oxygens (including phenoxy) is 1. The van der Waals surface area contributed by atoms with E-state index in [2.05, 4.69) is 20.9 Å². The number of rotatable bonds is 18. The van der Waals surface area contributed by atoms with Crippen LogP contribution in [0.2, 0.25) is 0 Å². The van der Waals surface area contributed by atoms with Gasteiger partial charge in [-0.05, 0) is 102 Å². The smallest absolute Gasteiger partial charge is 0.244 e. The molecule has 3 saturated heterocycles. The molecule has 2 amide bonds. The number of β-amino-alcohol motifs (C(OH)–C–C–N with tert-alkyl or cyclic N) is 1. The molecule has 5 unspecified atom stereocenters. The van der Waals surface area contributed by atoms with Crippen LogP contribution in [0.5, 0.6) is 0 Å². The van der Waals surface area contributed by atoms with E-state index in [4.69, 9.17) is 4.74 Å². The Kier molecular flexibility index (Phi) is 17.5. The lowest BCUT2D eigenvalue weighted by Gasteiger charge is -2.43. The van der Waals surface area contributed by atoms with Crippen LogP contribution in [0.25, 0.3) is 0 Å². The quantitative estimate of drug-likeness (QED) is 0.126. The molecule has 9 heteroatoms. The molecule has 4 N–H and O–H groups in total. The van der Waals surface area contributed by atoms with E-state index in [9.17, 15) is 14.7 Å². The molecular formula is C44H79N5O4. The van der Waals surface area contributed by atoms with Gasteiger partial charge in [0.05, 0.1) is 18.8 Å². The van der Waals surface area contributed by atoms with Gasteiger partial charge in [0.15, 0.2) is 0 Å². The van der Waals surface area contributed by atoms with Gasteiger partial charge in [-0.1, -0.05) is 89.9 Å². The van der Waals surface area contributed by atoms with Gasteiger partial charge in [-0.3, -0.25) is 14.5 Å². The van der Waals surface area contributed by atoms with Gasteiger partial charge < -0.3 is 30.7 Å². The summed E-state index contributed by atoms with van der Waals surface area (Å²) < 4.78 is 6.43. The van der Waals surface area contributed by atoms with Crippen molar-refractivity contribution < 1.29 is 19.4 Å². The molecule has 6 fully saturated rings.